The van der Waals surface area contributed by atoms with Crippen LogP contribution in [0.5, 0.6) is 0 Å². The maximum absolute atomic E-state index is 2.44. The van der Waals surface area contributed by atoms with Crippen LogP contribution in [0.25, 0.3) is 0 Å². The van der Waals surface area contributed by atoms with Crippen molar-refractivity contribution < 1.29 is 0 Å². The van der Waals surface area contributed by atoms with Gasteiger partial charge in [0.05, 0.1) is 0 Å². The first-order valence-electron chi connectivity index (χ1n) is 5.46. The van der Waals surface area contributed by atoms with Gasteiger partial charge in [0.15, 0.2) is 0 Å². The first-order chi connectivity index (χ1) is 5.46. The van der Waals surface area contributed by atoms with E-state index < -0.39 is 0 Å². The van der Waals surface area contributed by atoms with E-state index in [-0.39, 0.29) is 0 Å². The standard InChI is InChI=1S/C12H24/c1-6-11-8-12(4,5)7-9(2)10(11)3/h9-11H,6-8H2,1-5H3. The minimum absolute atomic E-state index is 0.604. The lowest BCUT2D eigenvalue weighted by molar-refractivity contribution is 0.0725. The van der Waals surface area contributed by atoms with Gasteiger partial charge in [0.25, 0.3) is 0 Å². The normalized spacial score (nSPS) is 41.2. The van der Waals surface area contributed by atoms with Crippen LogP contribution in [0.15, 0.2) is 0 Å². The molecular weight excluding hydrogens is 144 g/mol. The van der Waals surface area contributed by atoms with Gasteiger partial charge in [-0.2, -0.15) is 0 Å². The molecule has 0 radical (unpaired) electrons. The summed E-state index contributed by atoms with van der Waals surface area (Å²) < 4.78 is 0. The third-order valence-electron chi connectivity index (χ3n) is 3.85. The zero-order chi connectivity index (χ0) is 9.35. The minimum atomic E-state index is 0.604. The molecule has 0 aromatic rings. The third kappa shape index (κ3) is 2.02. The van der Waals surface area contributed by atoms with Crippen molar-refractivity contribution in [2.75, 3.05) is 0 Å². The first kappa shape index (κ1) is 10.1. The highest BCUT2D eigenvalue weighted by Crippen LogP contribution is 2.45. The Balaban J connectivity index is 2.65. The predicted octanol–water partition coefficient (Wildman–Crippen LogP) is 4.10. The van der Waals surface area contributed by atoms with Gasteiger partial charge in [0.1, 0.15) is 0 Å². The average Bonchev–Trinajstić information content (AvgIpc) is 1.96. The van der Waals surface area contributed by atoms with E-state index in [2.05, 4.69) is 34.6 Å². The van der Waals surface area contributed by atoms with Gasteiger partial charge in [-0.05, 0) is 36.0 Å². The van der Waals surface area contributed by atoms with Crippen molar-refractivity contribution in [3.05, 3.63) is 0 Å². The SMILES string of the molecule is CCC1CC(C)(C)CC(C)C1C. The summed E-state index contributed by atoms with van der Waals surface area (Å²) in [6, 6.07) is 0. The molecule has 1 fully saturated rings. The summed E-state index contributed by atoms with van der Waals surface area (Å²) in [5.41, 5.74) is 0.604. The molecule has 0 aromatic carbocycles. The zero-order valence-electron chi connectivity index (χ0n) is 9.35. The van der Waals surface area contributed by atoms with Gasteiger partial charge in [-0.25, -0.2) is 0 Å². The second-order valence-corrected chi connectivity index (χ2v) is 5.58. The molecule has 0 spiro atoms. The molecule has 1 saturated carbocycles. The van der Waals surface area contributed by atoms with Crippen LogP contribution in [0, 0.1) is 23.2 Å². The maximum atomic E-state index is 2.44. The van der Waals surface area contributed by atoms with E-state index in [1.165, 1.54) is 19.3 Å². The number of hydrogen-bond acceptors (Lipinski definition) is 0. The Morgan fingerprint density at radius 3 is 2.25 bits per heavy atom. The van der Waals surface area contributed by atoms with Gasteiger partial charge in [-0.3, -0.25) is 0 Å². The fourth-order valence-electron chi connectivity index (χ4n) is 3.02. The lowest BCUT2D eigenvalue weighted by atomic mass is 9.62. The molecular formula is C12H24. The minimum Gasteiger partial charge on any atom is -0.0651 e. The number of rotatable bonds is 1. The van der Waals surface area contributed by atoms with Gasteiger partial charge >= 0.3 is 0 Å². The zero-order valence-corrected chi connectivity index (χ0v) is 9.35. The Labute approximate surface area is 77.7 Å². The molecule has 12 heavy (non-hydrogen) atoms. The molecule has 0 N–H and O–H groups in total. The average molecular weight is 168 g/mol. The molecule has 0 bridgehead atoms. The molecule has 0 aromatic heterocycles. The lowest BCUT2D eigenvalue weighted by Crippen LogP contribution is -2.33. The second-order valence-electron chi connectivity index (χ2n) is 5.58. The number of hydrogen-bond donors (Lipinski definition) is 0. The van der Waals surface area contributed by atoms with Crippen molar-refractivity contribution in [3.63, 3.8) is 0 Å². The molecule has 1 rings (SSSR count). The van der Waals surface area contributed by atoms with Crippen LogP contribution >= 0.6 is 0 Å². The molecule has 0 heterocycles. The van der Waals surface area contributed by atoms with Crippen molar-refractivity contribution in [2.45, 2.75) is 53.9 Å². The summed E-state index contributed by atoms with van der Waals surface area (Å²) in [6.45, 7) is 12.1. The van der Waals surface area contributed by atoms with Crippen molar-refractivity contribution >= 4 is 0 Å². The highest BCUT2D eigenvalue weighted by Gasteiger charge is 2.35. The highest BCUT2D eigenvalue weighted by atomic mass is 14.4. The summed E-state index contributed by atoms with van der Waals surface area (Å²) in [7, 11) is 0. The van der Waals surface area contributed by atoms with E-state index in [1.54, 1.807) is 0 Å². The van der Waals surface area contributed by atoms with Crippen LogP contribution in [0.1, 0.15) is 53.9 Å². The van der Waals surface area contributed by atoms with Crippen LogP contribution in [-0.2, 0) is 0 Å². The Kier molecular flexibility index (Phi) is 2.85. The van der Waals surface area contributed by atoms with E-state index in [1.807, 2.05) is 0 Å². The van der Waals surface area contributed by atoms with Crippen molar-refractivity contribution in [3.8, 4) is 0 Å². The molecule has 0 aliphatic heterocycles. The first-order valence-corrected chi connectivity index (χ1v) is 5.46. The lowest BCUT2D eigenvalue weighted by Gasteiger charge is -2.43. The predicted molar refractivity (Wildman–Crippen MR) is 55.1 cm³/mol. The molecule has 1 aliphatic rings. The fourth-order valence-corrected chi connectivity index (χ4v) is 3.02. The maximum Gasteiger partial charge on any atom is -0.0349 e. The molecule has 0 saturated heterocycles. The summed E-state index contributed by atoms with van der Waals surface area (Å²) in [4.78, 5) is 0. The molecule has 72 valence electrons. The molecule has 3 atom stereocenters. The highest BCUT2D eigenvalue weighted by molar-refractivity contribution is 4.86. The van der Waals surface area contributed by atoms with E-state index in [0.29, 0.717) is 5.41 Å². The van der Waals surface area contributed by atoms with Gasteiger partial charge in [0.2, 0.25) is 0 Å². The third-order valence-corrected chi connectivity index (χ3v) is 3.85. The second kappa shape index (κ2) is 3.40. The van der Waals surface area contributed by atoms with Gasteiger partial charge < -0.3 is 0 Å². The Bertz CT molecular complexity index is 146. The van der Waals surface area contributed by atoms with Crippen LogP contribution < -0.4 is 0 Å². The summed E-state index contributed by atoms with van der Waals surface area (Å²) >= 11 is 0. The van der Waals surface area contributed by atoms with Crippen LogP contribution in [-0.4, -0.2) is 0 Å². The summed E-state index contributed by atoms with van der Waals surface area (Å²) in [5, 5.41) is 0. The van der Waals surface area contributed by atoms with Gasteiger partial charge in [-0.1, -0.05) is 41.0 Å². The van der Waals surface area contributed by atoms with Crippen molar-refractivity contribution in [1.29, 1.82) is 0 Å². The fraction of sp³-hybridized carbons (Fsp3) is 1.00. The van der Waals surface area contributed by atoms with Crippen LogP contribution in [0.4, 0.5) is 0 Å². The summed E-state index contributed by atoms with van der Waals surface area (Å²) in [6.07, 6.45) is 4.23. The smallest absolute Gasteiger partial charge is 0.0349 e. The Morgan fingerprint density at radius 1 is 1.17 bits per heavy atom. The monoisotopic (exact) mass is 168 g/mol. The molecule has 1 aliphatic carbocycles. The molecule has 3 unspecified atom stereocenters. The van der Waals surface area contributed by atoms with Crippen LogP contribution in [0.2, 0.25) is 0 Å². The van der Waals surface area contributed by atoms with Crippen molar-refractivity contribution in [2.24, 2.45) is 23.2 Å². The largest absolute Gasteiger partial charge is 0.0651 e. The van der Waals surface area contributed by atoms with E-state index >= 15 is 0 Å². The van der Waals surface area contributed by atoms with Crippen LogP contribution in [0.3, 0.4) is 0 Å². The Hall–Kier alpha value is 0. The van der Waals surface area contributed by atoms with E-state index in [4.69, 9.17) is 0 Å². The molecule has 0 nitrogen and oxygen atoms in total. The quantitative estimate of drug-likeness (QED) is 0.553. The molecule has 0 amide bonds. The van der Waals surface area contributed by atoms with Crippen molar-refractivity contribution in [1.82, 2.24) is 0 Å². The topological polar surface area (TPSA) is 0 Å². The summed E-state index contributed by atoms with van der Waals surface area (Å²) in [5.74, 6) is 2.85. The molecule has 0 heteroatoms. The van der Waals surface area contributed by atoms with Gasteiger partial charge in [0, 0.05) is 0 Å². The van der Waals surface area contributed by atoms with E-state index in [9.17, 15) is 0 Å². The van der Waals surface area contributed by atoms with E-state index in [0.717, 1.165) is 17.8 Å². The Morgan fingerprint density at radius 2 is 1.75 bits per heavy atom. The van der Waals surface area contributed by atoms with Gasteiger partial charge in [-0.15, -0.1) is 0 Å².